The molecule has 1 aliphatic rings. The lowest BCUT2D eigenvalue weighted by Crippen LogP contribution is -2.38. The van der Waals surface area contributed by atoms with Crippen molar-refractivity contribution in [2.75, 3.05) is 19.3 Å². The fraction of sp³-hybridized carbons (Fsp3) is 0.353. The summed E-state index contributed by atoms with van der Waals surface area (Å²) in [6.07, 6.45) is 5.04. The molecule has 1 aliphatic heterocycles. The summed E-state index contributed by atoms with van der Waals surface area (Å²) < 4.78 is 25.0. The van der Waals surface area contributed by atoms with Gasteiger partial charge >= 0.3 is 0 Å². The highest BCUT2D eigenvalue weighted by Crippen LogP contribution is 2.28. The molecule has 1 aromatic heterocycles. The molecular weight excluding hydrogens is 296 g/mol. The molecule has 0 N–H and O–H groups in total. The van der Waals surface area contributed by atoms with E-state index in [0.29, 0.717) is 13.1 Å². The maximum atomic E-state index is 11.7. The zero-order valence-electron chi connectivity index (χ0n) is 12.6. The van der Waals surface area contributed by atoms with Crippen LogP contribution in [-0.4, -0.2) is 37.1 Å². The van der Waals surface area contributed by atoms with E-state index in [1.807, 2.05) is 30.5 Å². The molecule has 22 heavy (non-hydrogen) atoms. The first-order chi connectivity index (χ1) is 10.5. The Morgan fingerprint density at radius 3 is 2.50 bits per heavy atom. The highest BCUT2D eigenvalue weighted by Gasteiger charge is 2.27. The van der Waals surface area contributed by atoms with E-state index >= 15 is 0 Å². The number of nitrogens with zero attached hydrogens (tertiary/aromatic N) is 2. The molecule has 0 spiro atoms. The lowest BCUT2D eigenvalue weighted by atomic mass is 9.95. The molecule has 0 amide bonds. The van der Waals surface area contributed by atoms with Gasteiger partial charge in [-0.05, 0) is 24.5 Å². The molecule has 5 heteroatoms. The average molecular weight is 316 g/mol. The van der Waals surface area contributed by atoms with Gasteiger partial charge in [-0.1, -0.05) is 36.4 Å². The van der Waals surface area contributed by atoms with Crippen LogP contribution in [0, 0.1) is 0 Å². The van der Waals surface area contributed by atoms with Crippen molar-refractivity contribution in [2.24, 2.45) is 0 Å². The minimum Gasteiger partial charge on any atom is -0.260 e. The van der Waals surface area contributed by atoms with Gasteiger partial charge in [0.1, 0.15) is 0 Å². The predicted octanol–water partition coefficient (Wildman–Crippen LogP) is 2.89. The normalized spacial score (nSPS) is 20.0. The SMILES string of the molecule is CS(=O)(=O)N1CCC[C@@H](c2ccc(-c3ccccc3)cn2)C1. The van der Waals surface area contributed by atoms with E-state index in [-0.39, 0.29) is 5.92 Å². The van der Waals surface area contributed by atoms with Crippen LogP contribution in [0.3, 0.4) is 0 Å². The van der Waals surface area contributed by atoms with Gasteiger partial charge < -0.3 is 0 Å². The quantitative estimate of drug-likeness (QED) is 0.875. The lowest BCUT2D eigenvalue weighted by molar-refractivity contribution is 0.314. The summed E-state index contributed by atoms with van der Waals surface area (Å²) in [5, 5.41) is 0. The van der Waals surface area contributed by atoms with Gasteiger partial charge in [0.05, 0.1) is 6.26 Å². The van der Waals surface area contributed by atoms with E-state index in [2.05, 4.69) is 23.2 Å². The zero-order chi connectivity index (χ0) is 15.6. The molecule has 0 radical (unpaired) electrons. The standard InChI is InChI=1S/C17H20N2O2S/c1-22(20,21)19-11-5-8-16(13-19)17-10-9-15(12-18-17)14-6-3-2-4-7-14/h2-4,6-7,9-10,12,16H,5,8,11,13H2,1H3/t16-/m1/s1. The fourth-order valence-electron chi connectivity index (χ4n) is 2.93. The van der Waals surface area contributed by atoms with Crippen LogP contribution in [0.4, 0.5) is 0 Å². The third-order valence-electron chi connectivity index (χ3n) is 4.16. The number of hydrogen-bond acceptors (Lipinski definition) is 3. The Kier molecular flexibility index (Phi) is 4.27. The molecule has 3 rings (SSSR count). The van der Waals surface area contributed by atoms with E-state index in [1.54, 1.807) is 4.31 Å². The third kappa shape index (κ3) is 3.36. The first kappa shape index (κ1) is 15.2. The second kappa shape index (κ2) is 6.18. The Hall–Kier alpha value is -1.72. The van der Waals surface area contributed by atoms with Gasteiger partial charge in [-0.25, -0.2) is 12.7 Å². The molecule has 1 saturated heterocycles. The van der Waals surface area contributed by atoms with Crippen LogP contribution in [-0.2, 0) is 10.0 Å². The highest BCUT2D eigenvalue weighted by atomic mass is 32.2. The van der Waals surface area contributed by atoms with Gasteiger partial charge in [-0.3, -0.25) is 4.98 Å². The zero-order valence-corrected chi connectivity index (χ0v) is 13.5. The third-order valence-corrected chi connectivity index (χ3v) is 5.43. The second-order valence-corrected chi connectivity index (χ2v) is 7.78. The number of sulfonamides is 1. The molecular formula is C17H20N2O2S. The average Bonchev–Trinajstić information content (AvgIpc) is 2.55. The van der Waals surface area contributed by atoms with Gasteiger partial charge in [-0.15, -0.1) is 0 Å². The van der Waals surface area contributed by atoms with Crippen LogP contribution in [0.25, 0.3) is 11.1 Å². The van der Waals surface area contributed by atoms with Crippen molar-refractivity contribution < 1.29 is 8.42 Å². The number of piperidine rings is 1. The van der Waals surface area contributed by atoms with Gasteiger partial charge in [0.15, 0.2) is 0 Å². The molecule has 0 saturated carbocycles. The molecule has 116 valence electrons. The Morgan fingerprint density at radius 2 is 1.86 bits per heavy atom. The largest absolute Gasteiger partial charge is 0.260 e. The fourth-order valence-corrected chi connectivity index (χ4v) is 3.84. The van der Waals surface area contributed by atoms with E-state index in [4.69, 9.17) is 0 Å². The van der Waals surface area contributed by atoms with Crippen molar-refractivity contribution >= 4 is 10.0 Å². The highest BCUT2D eigenvalue weighted by molar-refractivity contribution is 7.88. The van der Waals surface area contributed by atoms with Gasteiger partial charge in [0, 0.05) is 36.5 Å². The van der Waals surface area contributed by atoms with E-state index < -0.39 is 10.0 Å². The van der Waals surface area contributed by atoms with Gasteiger partial charge in [0.25, 0.3) is 0 Å². The summed E-state index contributed by atoms with van der Waals surface area (Å²) in [4.78, 5) is 4.57. The van der Waals surface area contributed by atoms with E-state index in [0.717, 1.165) is 29.7 Å². The van der Waals surface area contributed by atoms with Crippen molar-refractivity contribution in [1.82, 2.24) is 9.29 Å². The summed E-state index contributed by atoms with van der Waals surface area (Å²) in [7, 11) is -3.11. The molecule has 0 unspecified atom stereocenters. The number of aromatic nitrogens is 1. The summed E-state index contributed by atoms with van der Waals surface area (Å²) in [5.41, 5.74) is 3.20. The van der Waals surface area contributed by atoms with Crippen LogP contribution in [0.15, 0.2) is 48.7 Å². The van der Waals surface area contributed by atoms with Gasteiger partial charge in [-0.2, -0.15) is 0 Å². The second-order valence-electron chi connectivity index (χ2n) is 5.80. The van der Waals surface area contributed by atoms with Crippen molar-refractivity contribution in [3.63, 3.8) is 0 Å². The molecule has 1 atom stereocenters. The first-order valence-electron chi connectivity index (χ1n) is 7.50. The van der Waals surface area contributed by atoms with Crippen LogP contribution >= 0.6 is 0 Å². The van der Waals surface area contributed by atoms with E-state index in [1.165, 1.54) is 6.26 Å². The summed E-state index contributed by atoms with van der Waals surface area (Å²) in [6.45, 7) is 1.16. The molecule has 2 aromatic rings. The van der Waals surface area contributed by atoms with Crippen molar-refractivity contribution in [3.05, 3.63) is 54.4 Å². The van der Waals surface area contributed by atoms with Crippen LogP contribution in [0.5, 0.6) is 0 Å². The minimum atomic E-state index is -3.11. The molecule has 0 aliphatic carbocycles. The number of rotatable bonds is 3. The Morgan fingerprint density at radius 1 is 1.09 bits per heavy atom. The monoisotopic (exact) mass is 316 g/mol. The molecule has 4 nitrogen and oxygen atoms in total. The van der Waals surface area contributed by atoms with Crippen molar-refractivity contribution in [2.45, 2.75) is 18.8 Å². The maximum Gasteiger partial charge on any atom is 0.211 e. The van der Waals surface area contributed by atoms with E-state index in [9.17, 15) is 8.42 Å². The Labute approximate surface area is 131 Å². The van der Waals surface area contributed by atoms with Crippen molar-refractivity contribution in [3.8, 4) is 11.1 Å². The van der Waals surface area contributed by atoms with Crippen molar-refractivity contribution in [1.29, 1.82) is 0 Å². The molecule has 0 bridgehead atoms. The molecule has 1 fully saturated rings. The smallest absolute Gasteiger partial charge is 0.211 e. The predicted molar refractivity (Wildman–Crippen MR) is 88.1 cm³/mol. The minimum absolute atomic E-state index is 0.188. The number of pyridine rings is 1. The summed E-state index contributed by atoms with van der Waals surface area (Å²) >= 11 is 0. The topological polar surface area (TPSA) is 50.3 Å². The molecule has 1 aromatic carbocycles. The van der Waals surface area contributed by atoms with Gasteiger partial charge in [0.2, 0.25) is 10.0 Å². The number of benzene rings is 1. The molecule has 2 heterocycles. The Balaban J connectivity index is 1.78. The lowest BCUT2D eigenvalue weighted by Gasteiger charge is -2.30. The number of hydrogen-bond donors (Lipinski definition) is 0. The van der Waals surface area contributed by atoms with Crippen LogP contribution in [0.1, 0.15) is 24.5 Å². The van der Waals surface area contributed by atoms with Crippen LogP contribution in [0.2, 0.25) is 0 Å². The maximum absolute atomic E-state index is 11.7. The summed E-state index contributed by atoms with van der Waals surface area (Å²) in [6, 6.07) is 14.2. The van der Waals surface area contributed by atoms with Crippen LogP contribution < -0.4 is 0 Å². The first-order valence-corrected chi connectivity index (χ1v) is 9.35. The Bertz CT molecular complexity index is 727. The summed E-state index contributed by atoms with van der Waals surface area (Å²) in [5.74, 6) is 0.188.